The van der Waals surface area contributed by atoms with Crippen molar-refractivity contribution in [3.05, 3.63) is 47.3 Å². The number of carbonyl (C=O) groups excluding carboxylic acids is 1. The van der Waals surface area contributed by atoms with Crippen molar-refractivity contribution in [2.75, 3.05) is 12.1 Å². The molecule has 6 heteroatoms. The molecule has 0 saturated carbocycles. The molecule has 1 aliphatic rings. The van der Waals surface area contributed by atoms with Crippen LogP contribution in [-0.4, -0.2) is 43.6 Å². The van der Waals surface area contributed by atoms with Crippen molar-refractivity contribution < 1.29 is 13.9 Å². The van der Waals surface area contributed by atoms with Gasteiger partial charge in [-0.15, -0.1) is 27.7 Å². The monoisotopic (exact) mass is 436 g/mol. The van der Waals surface area contributed by atoms with Crippen LogP contribution in [0.15, 0.2) is 41.7 Å². The minimum Gasteiger partial charge on any atom is -0.457 e. The Morgan fingerprint density at radius 1 is 1.34 bits per heavy atom. The maximum absolute atomic E-state index is 15.1. The highest BCUT2D eigenvalue weighted by Crippen LogP contribution is 2.58. The molecule has 0 spiro atoms. The molecule has 0 N–H and O–H groups in total. The van der Waals surface area contributed by atoms with Gasteiger partial charge in [-0.1, -0.05) is 58.0 Å². The number of benzene rings is 1. The summed E-state index contributed by atoms with van der Waals surface area (Å²) in [5, 5.41) is -0.0164. The molecule has 1 aliphatic carbocycles. The van der Waals surface area contributed by atoms with E-state index in [-0.39, 0.29) is 29.0 Å². The number of esters is 1. The molecule has 0 aliphatic heterocycles. The molecular formula is C23H36BFO2P2. The number of halogens is 1. The zero-order valence-electron chi connectivity index (χ0n) is 18.6. The molecule has 29 heavy (non-hydrogen) atoms. The summed E-state index contributed by atoms with van der Waals surface area (Å²) >= 11 is 0. The number of hydrogen-bond donors (Lipinski definition) is 0. The molecule has 0 heterocycles. The first-order valence-corrected chi connectivity index (χ1v) is 14.5. The Kier molecular flexibility index (Phi) is 8.28. The van der Waals surface area contributed by atoms with Crippen molar-refractivity contribution >= 4 is 41.5 Å². The van der Waals surface area contributed by atoms with Gasteiger partial charge in [0.2, 0.25) is 0 Å². The van der Waals surface area contributed by atoms with Gasteiger partial charge < -0.3 is 4.74 Å². The quantitative estimate of drug-likeness (QED) is 0.301. The molecule has 0 aromatic heterocycles. The Morgan fingerprint density at radius 3 is 2.55 bits per heavy atom. The SMILES string of the molecule is BC1CC(C)(CC(C)(C)[PH](=C)C[PH](=C)CC)C(C(=O)OCc2ccccc2)=C1F. The van der Waals surface area contributed by atoms with Crippen LogP contribution in [0.5, 0.6) is 0 Å². The predicted octanol–water partition coefficient (Wildman–Crippen LogP) is 5.22. The fourth-order valence-corrected chi connectivity index (χ4v) is 10.4. The smallest absolute Gasteiger partial charge is 0.337 e. The van der Waals surface area contributed by atoms with Gasteiger partial charge in [-0.2, -0.15) is 0 Å². The number of ether oxygens (including phenoxy) is 1. The largest absolute Gasteiger partial charge is 0.457 e. The van der Waals surface area contributed by atoms with Gasteiger partial charge in [-0.25, -0.2) is 9.18 Å². The van der Waals surface area contributed by atoms with Gasteiger partial charge in [0.1, 0.15) is 20.3 Å². The maximum Gasteiger partial charge on any atom is 0.337 e. The van der Waals surface area contributed by atoms with Gasteiger partial charge in [0.15, 0.2) is 0 Å². The highest BCUT2D eigenvalue weighted by atomic mass is 31.2. The van der Waals surface area contributed by atoms with Gasteiger partial charge in [-0.05, 0) is 41.4 Å². The van der Waals surface area contributed by atoms with Gasteiger partial charge in [0, 0.05) is 5.41 Å². The fraction of sp³-hybridized carbons (Fsp3) is 0.522. The van der Waals surface area contributed by atoms with E-state index in [0.717, 1.165) is 24.0 Å². The Hall–Kier alpha value is -0.975. The first kappa shape index (κ1) is 24.3. The molecule has 1 aromatic rings. The summed E-state index contributed by atoms with van der Waals surface area (Å²) in [5.41, 5.74) is 0.636. The number of rotatable bonds is 9. The number of carbonyl (C=O) groups is 1. The van der Waals surface area contributed by atoms with Gasteiger partial charge >= 0.3 is 5.97 Å². The van der Waals surface area contributed by atoms with Crippen LogP contribution >= 0.6 is 15.1 Å². The first-order chi connectivity index (χ1) is 13.5. The van der Waals surface area contributed by atoms with E-state index in [2.05, 4.69) is 33.4 Å². The second-order valence-corrected chi connectivity index (χ2v) is 15.6. The fourth-order valence-electron chi connectivity index (χ4n) is 4.47. The Bertz CT molecular complexity index is 819. The molecule has 0 bridgehead atoms. The van der Waals surface area contributed by atoms with Crippen LogP contribution in [0, 0.1) is 5.41 Å². The molecule has 4 unspecified atom stereocenters. The molecule has 2 rings (SSSR count). The second-order valence-electron chi connectivity index (χ2n) is 9.40. The lowest BCUT2D eigenvalue weighted by Crippen LogP contribution is -2.31. The molecule has 4 atom stereocenters. The molecule has 2 nitrogen and oxygen atoms in total. The molecule has 160 valence electrons. The van der Waals surface area contributed by atoms with Gasteiger partial charge in [0.05, 0.1) is 5.57 Å². The normalized spacial score (nSPS) is 24.4. The summed E-state index contributed by atoms with van der Waals surface area (Å²) in [6.45, 7) is 8.86. The van der Waals surface area contributed by atoms with Gasteiger partial charge in [0.25, 0.3) is 0 Å². The van der Waals surface area contributed by atoms with Crippen molar-refractivity contribution in [3.8, 4) is 0 Å². The molecule has 0 radical (unpaired) electrons. The van der Waals surface area contributed by atoms with E-state index >= 15 is 4.39 Å². The molecule has 0 fully saturated rings. The van der Waals surface area contributed by atoms with E-state index in [4.69, 9.17) is 4.74 Å². The number of hydrogen-bond acceptors (Lipinski definition) is 2. The minimum absolute atomic E-state index is 0.0164. The molecule has 0 saturated heterocycles. The predicted molar refractivity (Wildman–Crippen MR) is 134 cm³/mol. The molecule has 1 aromatic carbocycles. The standard InChI is InChI=1S/C23H36BFO2P2/c1-7-28(5)16-29(6)22(2,3)15-23(4)13-18(24)20(25)19(23)21(26)27-14-17-11-9-8-10-12-17/h8-12,18,28-29H,5-7,13-16,24H2,1-4H3. The summed E-state index contributed by atoms with van der Waals surface area (Å²) in [4.78, 5) is 12.9. The van der Waals surface area contributed by atoms with Crippen LogP contribution in [0.4, 0.5) is 4.39 Å². The minimum atomic E-state index is -0.904. The summed E-state index contributed by atoms with van der Waals surface area (Å²) in [5.74, 6) is 0.0698. The van der Waals surface area contributed by atoms with Crippen LogP contribution in [0.3, 0.4) is 0 Å². The van der Waals surface area contributed by atoms with Crippen LogP contribution in [-0.2, 0) is 16.1 Å². The van der Waals surface area contributed by atoms with Crippen molar-refractivity contribution in [2.24, 2.45) is 5.41 Å². The topological polar surface area (TPSA) is 26.3 Å². The Morgan fingerprint density at radius 2 is 1.97 bits per heavy atom. The summed E-state index contributed by atoms with van der Waals surface area (Å²) < 4.78 is 20.6. The lowest BCUT2D eigenvalue weighted by molar-refractivity contribution is -0.141. The summed E-state index contributed by atoms with van der Waals surface area (Å²) in [6.07, 6.45) is 11.4. The van der Waals surface area contributed by atoms with Crippen molar-refractivity contribution in [1.29, 1.82) is 0 Å². The van der Waals surface area contributed by atoms with Crippen molar-refractivity contribution in [2.45, 2.75) is 58.1 Å². The summed E-state index contributed by atoms with van der Waals surface area (Å²) in [6, 6.07) is 9.53. The van der Waals surface area contributed by atoms with Crippen molar-refractivity contribution in [1.82, 2.24) is 0 Å². The average Bonchev–Trinajstić information content (AvgIpc) is 2.88. The Labute approximate surface area is 178 Å². The third-order valence-electron chi connectivity index (χ3n) is 6.20. The van der Waals surface area contributed by atoms with E-state index < -0.39 is 26.5 Å². The molecule has 0 amide bonds. The van der Waals surface area contributed by atoms with Crippen LogP contribution in [0.2, 0.25) is 5.82 Å². The third kappa shape index (κ3) is 6.02. The van der Waals surface area contributed by atoms with Crippen LogP contribution < -0.4 is 0 Å². The van der Waals surface area contributed by atoms with Crippen molar-refractivity contribution in [3.63, 3.8) is 0 Å². The zero-order chi connectivity index (χ0) is 21.8. The lowest BCUT2D eigenvalue weighted by atomic mass is 9.73. The van der Waals surface area contributed by atoms with E-state index in [0.29, 0.717) is 6.42 Å². The average molecular weight is 436 g/mol. The number of allylic oxidation sites excluding steroid dienone is 1. The third-order valence-corrected chi connectivity index (χ3v) is 13.0. The summed E-state index contributed by atoms with van der Waals surface area (Å²) in [7, 11) is 0.362. The molecular weight excluding hydrogens is 400 g/mol. The van der Waals surface area contributed by atoms with E-state index in [1.54, 1.807) is 0 Å². The zero-order valence-corrected chi connectivity index (χ0v) is 20.6. The highest BCUT2D eigenvalue weighted by molar-refractivity contribution is 7.73. The van der Waals surface area contributed by atoms with Crippen LogP contribution in [0.1, 0.15) is 46.1 Å². The van der Waals surface area contributed by atoms with E-state index in [1.165, 1.54) is 0 Å². The second kappa shape index (κ2) is 9.89. The first-order valence-electron chi connectivity index (χ1n) is 10.5. The lowest BCUT2D eigenvalue weighted by Gasteiger charge is -2.38. The van der Waals surface area contributed by atoms with E-state index in [1.807, 2.05) is 45.1 Å². The Balaban J connectivity index is 2.19. The van der Waals surface area contributed by atoms with E-state index in [9.17, 15) is 4.79 Å². The highest BCUT2D eigenvalue weighted by Gasteiger charge is 2.48. The van der Waals surface area contributed by atoms with Gasteiger partial charge in [-0.3, -0.25) is 0 Å². The maximum atomic E-state index is 15.1. The van der Waals surface area contributed by atoms with Crippen LogP contribution in [0.25, 0.3) is 0 Å².